The highest BCUT2D eigenvalue weighted by Crippen LogP contribution is 2.41. The monoisotopic (exact) mass is 434 g/mol. The molecule has 1 aliphatic heterocycles. The van der Waals surface area contributed by atoms with Gasteiger partial charge in [0.1, 0.15) is 7.05 Å². The summed E-state index contributed by atoms with van der Waals surface area (Å²) in [6.45, 7) is 4.20. The van der Waals surface area contributed by atoms with Crippen LogP contribution in [-0.2, 0) is 5.41 Å². The summed E-state index contributed by atoms with van der Waals surface area (Å²) in [7, 11) is 2.00. The maximum Gasteiger partial charge on any atom is 0.270 e. The van der Waals surface area contributed by atoms with E-state index in [1.807, 2.05) is 31.3 Å². The van der Waals surface area contributed by atoms with Crippen LogP contribution in [-0.4, -0.2) is 22.3 Å². The van der Waals surface area contributed by atoms with Crippen LogP contribution in [0.25, 0.3) is 6.08 Å². The lowest BCUT2D eigenvalue weighted by Gasteiger charge is -2.15. The van der Waals surface area contributed by atoms with E-state index in [2.05, 4.69) is 42.7 Å². The van der Waals surface area contributed by atoms with Crippen LogP contribution in [0.5, 0.6) is 0 Å². The molecular weight excluding hydrogens is 415 g/mol. The Morgan fingerprint density at radius 2 is 1.75 bits per heavy atom. The maximum atomic E-state index is 11.1. The molecule has 1 aliphatic rings. The van der Waals surface area contributed by atoms with Crippen molar-refractivity contribution in [1.29, 1.82) is 0 Å². The van der Waals surface area contributed by atoms with Crippen LogP contribution in [0.2, 0.25) is 0 Å². The van der Waals surface area contributed by atoms with Gasteiger partial charge in [0.15, 0.2) is 5.71 Å². The molecule has 0 aromatic heterocycles. The average Bonchev–Trinajstić information content (AvgIpc) is 2.73. The number of nitrogens with zero attached hydrogens (tertiary/aromatic N) is 2. The number of hydrogen-bond donors (Lipinski definition) is 0. The molecule has 0 spiro atoms. The van der Waals surface area contributed by atoms with E-state index in [9.17, 15) is 10.1 Å². The van der Waals surface area contributed by atoms with Gasteiger partial charge in [0.25, 0.3) is 5.69 Å². The average molecular weight is 434 g/mol. The maximum absolute atomic E-state index is 11.1. The van der Waals surface area contributed by atoms with Gasteiger partial charge in [-0.3, -0.25) is 10.1 Å². The Kier molecular flexibility index (Phi) is 5.22. The number of benzene rings is 2. The summed E-state index contributed by atoms with van der Waals surface area (Å²) in [5.74, 6) is 0. The third-order valence-corrected chi connectivity index (χ3v) is 4.46. The highest BCUT2D eigenvalue weighted by Gasteiger charge is 2.43. The summed E-state index contributed by atoms with van der Waals surface area (Å²) in [5, 5.41) is 11.1. The largest absolute Gasteiger partial charge is 1.00 e. The fourth-order valence-electron chi connectivity index (χ4n) is 3.18. The SMILES string of the molecule is C[N+]1=C(/C=C/c2ccccc2)C(C)(C)c2cc([N+](=O)[O-])ccc21.[I-]. The van der Waals surface area contributed by atoms with Gasteiger partial charge in [-0.05, 0) is 25.5 Å². The smallest absolute Gasteiger partial charge is 0.270 e. The third kappa shape index (κ3) is 3.13. The molecular formula is C19H19IN2O2. The molecule has 24 heavy (non-hydrogen) atoms. The Labute approximate surface area is 158 Å². The van der Waals surface area contributed by atoms with Gasteiger partial charge in [0, 0.05) is 29.8 Å². The standard InChI is InChI=1S/C19H19N2O2.HI/c1-19(2)16-13-15(21(22)23)10-11-17(16)20(3)18(19)12-9-14-7-5-4-6-8-14;/h4-13H,1-3H3;1H/q+1;/p-1/b12-9+;. The summed E-state index contributed by atoms with van der Waals surface area (Å²) in [6.07, 6.45) is 4.18. The summed E-state index contributed by atoms with van der Waals surface area (Å²) >= 11 is 0. The number of fused-ring (bicyclic) bond motifs is 1. The van der Waals surface area contributed by atoms with Crippen LogP contribution in [0.3, 0.4) is 0 Å². The fourth-order valence-corrected chi connectivity index (χ4v) is 3.18. The summed E-state index contributed by atoms with van der Waals surface area (Å²) in [4.78, 5) is 10.7. The van der Waals surface area contributed by atoms with E-state index in [0.717, 1.165) is 22.5 Å². The molecule has 0 radical (unpaired) electrons. The van der Waals surface area contributed by atoms with Crippen molar-refractivity contribution >= 4 is 23.2 Å². The zero-order valence-corrected chi connectivity index (χ0v) is 16.0. The number of non-ortho nitro benzene ring substituents is 1. The van der Waals surface area contributed by atoms with Crippen LogP contribution in [0.15, 0.2) is 54.6 Å². The second-order valence-electron chi connectivity index (χ2n) is 6.27. The molecule has 0 amide bonds. The normalized spacial score (nSPS) is 15.3. The van der Waals surface area contributed by atoms with E-state index >= 15 is 0 Å². The Balaban J connectivity index is 0.00000208. The molecule has 0 N–H and O–H groups in total. The minimum absolute atomic E-state index is 0. The molecule has 0 unspecified atom stereocenters. The fraction of sp³-hybridized carbons (Fsp3) is 0.211. The van der Waals surface area contributed by atoms with Crippen molar-refractivity contribution in [2.75, 3.05) is 7.05 Å². The van der Waals surface area contributed by atoms with Gasteiger partial charge in [-0.15, -0.1) is 0 Å². The molecule has 124 valence electrons. The number of hydrogen-bond acceptors (Lipinski definition) is 2. The molecule has 1 heterocycles. The lowest BCUT2D eigenvalue weighted by Crippen LogP contribution is -3.00. The van der Waals surface area contributed by atoms with Crippen LogP contribution >= 0.6 is 0 Å². The first-order valence-electron chi connectivity index (χ1n) is 7.54. The first kappa shape index (κ1) is 18.3. The Morgan fingerprint density at radius 1 is 1.08 bits per heavy atom. The van der Waals surface area contributed by atoms with Gasteiger partial charge in [0.05, 0.1) is 10.3 Å². The molecule has 0 atom stereocenters. The van der Waals surface area contributed by atoms with Gasteiger partial charge >= 0.3 is 0 Å². The number of nitro benzene ring substituents is 1. The molecule has 2 aromatic rings. The number of allylic oxidation sites excluding steroid dienone is 1. The highest BCUT2D eigenvalue weighted by atomic mass is 127. The first-order chi connectivity index (χ1) is 10.9. The van der Waals surface area contributed by atoms with E-state index in [-0.39, 0.29) is 40.0 Å². The van der Waals surface area contributed by atoms with Crippen LogP contribution in [0.4, 0.5) is 11.4 Å². The molecule has 0 saturated carbocycles. The molecule has 0 saturated heterocycles. The van der Waals surface area contributed by atoms with Crippen molar-refractivity contribution in [3.8, 4) is 0 Å². The van der Waals surface area contributed by atoms with Crippen LogP contribution in [0.1, 0.15) is 25.0 Å². The van der Waals surface area contributed by atoms with Crippen LogP contribution in [0, 0.1) is 10.1 Å². The predicted molar refractivity (Wildman–Crippen MR) is 92.4 cm³/mol. The van der Waals surface area contributed by atoms with Crippen molar-refractivity contribution in [2.45, 2.75) is 19.3 Å². The lowest BCUT2D eigenvalue weighted by molar-refractivity contribution is -0.402. The molecule has 0 bridgehead atoms. The Morgan fingerprint density at radius 3 is 2.38 bits per heavy atom. The number of rotatable bonds is 3. The topological polar surface area (TPSA) is 46.1 Å². The van der Waals surface area contributed by atoms with Gasteiger partial charge < -0.3 is 24.0 Å². The third-order valence-electron chi connectivity index (χ3n) is 4.46. The van der Waals surface area contributed by atoms with Crippen molar-refractivity contribution in [3.05, 3.63) is 75.8 Å². The van der Waals surface area contributed by atoms with E-state index in [0.29, 0.717) is 0 Å². The lowest BCUT2D eigenvalue weighted by atomic mass is 9.81. The number of halogens is 1. The highest BCUT2D eigenvalue weighted by molar-refractivity contribution is 6.05. The molecule has 3 rings (SSSR count). The minimum Gasteiger partial charge on any atom is -1.00 e. The van der Waals surface area contributed by atoms with E-state index < -0.39 is 0 Å². The molecule has 2 aromatic carbocycles. The second-order valence-corrected chi connectivity index (χ2v) is 6.27. The van der Waals surface area contributed by atoms with Gasteiger partial charge in [0.2, 0.25) is 5.69 Å². The van der Waals surface area contributed by atoms with E-state index in [1.54, 1.807) is 12.1 Å². The van der Waals surface area contributed by atoms with E-state index in [4.69, 9.17) is 0 Å². The quantitative estimate of drug-likeness (QED) is 0.317. The molecule has 0 fully saturated rings. The van der Waals surface area contributed by atoms with Crippen molar-refractivity contribution in [3.63, 3.8) is 0 Å². The van der Waals surface area contributed by atoms with Crippen molar-refractivity contribution in [2.24, 2.45) is 0 Å². The molecule has 5 heteroatoms. The zero-order chi connectivity index (χ0) is 16.6. The summed E-state index contributed by atoms with van der Waals surface area (Å²) in [5.41, 5.74) is 4.12. The molecule has 0 aliphatic carbocycles. The number of nitro groups is 1. The Hall–Kier alpha value is -2.02. The van der Waals surface area contributed by atoms with Gasteiger partial charge in [-0.1, -0.05) is 30.3 Å². The van der Waals surface area contributed by atoms with Gasteiger partial charge in [-0.2, -0.15) is 4.58 Å². The summed E-state index contributed by atoms with van der Waals surface area (Å²) < 4.78 is 2.11. The summed E-state index contributed by atoms with van der Waals surface area (Å²) in [6, 6.07) is 15.2. The van der Waals surface area contributed by atoms with Crippen molar-refractivity contribution < 1.29 is 33.5 Å². The zero-order valence-electron chi connectivity index (χ0n) is 13.9. The van der Waals surface area contributed by atoms with Crippen LogP contribution < -0.4 is 24.0 Å². The second kappa shape index (κ2) is 6.84. The van der Waals surface area contributed by atoms with Crippen molar-refractivity contribution in [1.82, 2.24) is 0 Å². The first-order valence-corrected chi connectivity index (χ1v) is 7.54. The molecule has 4 nitrogen and oxygen atoms in total. The minimum atomic E-state index is -0.339. The van der Waals surface area contributed by atoms with E-state index in [1.165, 1.54) is 0 Å². The Bertz CT molecular complexity index is 840. The predicted octanol–water partition coefficient (Wildman–Crippen LogP) is 1.32. The van der Waals surface area contributed by atoms with Gasteiger partial charge in [-0.25, -0.2) is 0 Å².